The number of carbonyl (C=O) groups is 1. The number of hydrogen-bond acceptors (Lipinski definition) is 5. The molecule has 2 heterocycles. The Morgan fingerprint density at radius 2 is 1.43 bits per heavy atom. The summed E-state index contributed by atoms with van der Waals surface area (Å²) in [6.45, 7) is 7.14. The molecule has 7 heteroatoms. The minimum Gasteiger partial charge on any atom is -0.341 e. The van der Waals surface area contributed by atoms with Crippen molar-refractivity contribution in [3.8, 4) is 22.5 Å². The van der Waals surface area contributed by atoms with Crippen LogP contribution < -0.4 is 5.32 Å². The molecule has 0 unspecified atom stereocenters. The fourth-order valence-corrected chi connectivity index (χ4v) is 5.58. The van der Waals surface area contributed by atoms with Crippen LogP contribution in [0.15, 0.2) is 96.2 Å². The van der Waals surface area contributed by atoms with Gasteiger partial charge in [-0.2, -0.15) is 0 Å². The van der Waals surface area contributed by atoms with Crippen molar-refractivity contribution in [2.24, 2.45) is 0 Å². The van der Waals surface area contributed by atoms with E-state index in [9.17, 15) is 4.79 Å². The summed E-state index contributed by atoms with van der Waals surface area (Å²) in [5.41, 5.74) is 8.86. The molecular weight excluding hydrogens is 514 g/mol. The highest BCUT2D eigenvalue weighted by Crippen LogP contribution is 2.32. The summed E-state index contributed by atoms with van der Waals surface area (Å²) in [5.74, 6) is 0.0554. The third-order valence-corrected chi connectivity index (χ3v) is 7.86. The van der Waals surface area contributed by atoms with E-state index in [0.29, 0.717) is 5.16 Å². The van der Waals surface area contributed by atoms with Crippen LogP contribution >= 0.6 is 11.8 Å². The van der Waals surface area contributed by atoms with E-state index in [2.05, 4.69) is 95.4 Å². The van der Waals surface area contributed by atoms with Gasteiger partial charge in [-0.15, -0.1) is 10.2 Å². The van der Waals surface area contributed by atoms with Gasteiger partial charge < -0.3 is 9.88 Å². The van der Waals surface area contributed by atoms with Gasteiger partial charge in [0.2, 0.25) is 11.1 Å². The molecule has 4 aromatic carbocycles. The summed E-state index contributed by atoms with van der Waals surface area (Å²) >= 11 is 1.28. The molecule has 198 valence electrons. The summed E-state index contributed by atoms with van der Waals surface area (Å²) in [7, 11) is 0. The number of para-hydroxylation sites is 1. The number of rotatable bonds is 7. The second-order valence-corrected chi connectivity index (χ2v) is 10.8. The first-order valence-corrected chi connectivity index (χ1v) is 14.3. The molecule has 1 amide bonds. The molecular formula is C33H29N5OS. The minimum atomic E-state index is -0.119. The lowest BCUT2D eigenvalue weighted by atomic mass is 10.0. The van der Waals surface area contributed by atoms with Gasteiger partial charge in [0, 0.05) is 45.2 Å². The zero-order valence-electron chi connectivity index (χ0n) is 22.7. The topological polar surface area (TPSA) is 72.7 Å². The van der Waals surface area contributed by atoms with E-state index >= 15 is 0 Å². The van der Waals surface area contributed by atoms with Crippen LogP contribution in [-0.2, 0) is 11.3 Å². The maximum Gasteiger partial charge on any atom is 0.234 e. The first-order chi connectivity index (χ1) is 19.5. The molecule has 0 atom stereocenters. The van der Waals surface area contributed by atoms with Crippen LogP contribution in [-0.4, -0.2) is 31.4 Å². The standard InChI is InChI=1S/C33H29N5OS/c1-4-38-28-8-6-5-7-26(28)27-19-25(17-18-29(27)38)34-30(39)20-40-33-35-31(23-13-9-21(2)10-14-23)32(36-37-33)24-15-11-22(3)12-16-24/h5-19H,4,20H2,1-3H3,(H,34,39). The molecule has 0 aliphatic carbocycles. The fraction of sp³-hybridized carbons (Fsp3) is 0.152. The van der Waals surface area contributed by atoms with E-state index in [1.165, 1.54) is 33.8 Å². The fourth-order valence-electron chi connectivity index (χ4n) is 4.99. The summed E-state index contributed by atoms with van der Waals surface area (Å²) in [5, 5.41) is 14.7. The molecule has 0 saturated heterocycles. The SMILES string of the molecule is CCn1c2ccccc2c2cc(NC(=O)CSc3nnc(-c4ccc(C)cc4)c(-c4ccc(C)cc4)n3)ccc21. The predicted octanol–water partition coefficient (Wildman–Crippen LogP) is 7.68. The van der Waals surface area contributed by atoms with Gasteiger partial charge in [-0.25, -0.2) is 4.98 Å². The summed E-state index contributed by atoms with van der Waals surface area (Å²) in [6, 6.07) is 30.8. The van der Waals surface area contributed by atoms with Gasteiger partial charge in [0.05, 0.1) is 5.75 Å². The third-order valence-electron chi connectivity index (χ3n) is 7.02. The van der Waals surface area contributed by atoms with Gasteiger partial charge in [0.15, 0.2) is 0 Å². The van der Waals surface area contributed by atoms with Crippen LogP contribution in [0.25, 0.3) is 44.3 Å². The first kappa shape index (κ1) is 25.8. The van der Waals surface area contributed by atoms with E-state index in [4.69, 9.17) is 4.98 Å². The predicted molar refractivity (Wildman–Crippen MR) is 165 cm³/mol. The van der Waals surface area contributed by atoms with Crippen molar-refractivity contribution < 1.29 is 4.79 Å². The molecule has 6 nitrogen and oxygen atoms in total. The number of fused-ring (bicyclic) bond motifs is 3. The zero-order valence-corrected chi connectivity index (χ0v) is 23.5. The quantitative estimate of drug-likeness (QED) is 0.209. The number of nitrogens with zero attached hydrogens (tertiary/aromatic N) is 4. The van der Waals surface area contributed by atoms with Crippen LogP contribution in [0, 0.1) is 13.8 Å². The van der Waals surface area contributed by atoms with E-state index in [1.54, 1.807) is 0 Å². The lowest BCUT2D eigenvalue weighted by Gasteiger charge is -2.10. The highest BCUT2D eigenvalue weighted by molar-refractivity contribution is 7.99. The molecule has 0 saturated carbocycles. The van der Waals surface area contributed by atoms with Crippen molar-refractivity contribution in [2.45, 2.75) is 32.5 Å². The number of hydrogen-bond donors (Lipinski definition) is 1. The Bertz CT molecular complexity index is 1840. The molecule has 0 aliphatic heterocycles. The molecule has 6 aromatic rings. The maximum atomic E-state index is 12.9. The van der Waals surface area contributed by atoms with Crippen LogP contribution in [0.4, 0.5) is 5.69 Å². The van der Waals surface area contributed by atoms with E-state index < -0.39 is 0 Å². The molecule has 0 spiro atoms. The molecule has 0 fully saturated rings. The molecule has 40 heavy (non-hydrogen) atoms. The van der Waals surface area contributed by atoms with Gasteiger partial charge in [0.1, 0.15) is 11.4 Å². The molecule has 0 aliphatic rings. The molecule has 0 radical (unpaired) electrons. The van der Waals surface area contributed by atoms with Gasteiger partial charge >= 0.3 is 0 Å². The van der Waals surface area contributed by atoms with Crippen LogP contribution in [0.3, 0.4) is 0 Å². The van der Waals surface area contributed by atoms with Crippen molar-refractivity contribution >= 4 is 45.2 Å². The smallest absolute Gasteiger partial charge is 0.234 e. The summed E-state index contributed by atoms with van der Waals surface area (Å²) in [4.78, 5) is 17.8. The Hall–Kier alpha value is -4.49. The van der Waals surface area contributed by atoms with E-state index in [-0.39, 0.29) is 11.7 Å². The lowest BCUT2D eigenvalue weighted by molar-refractivity contribution is -0.113. The van der Waals surface area contributed by atoms with Crippen molar-refractivity contribution in [1.29, 1.82) is 0 Å². The molecule has 2 aromatic heterocycles. The average Bonchev–Trinajstić information content (AvgIpc) is 3.30. The second kappa shape index (κ2) is 10.9. The normalized spacial score (nSPS) is 11.3. The monoisotopic (exact) mass is 543 g/mol. The van der Waals surface area contributed by atoms with Gasteiger partial charge in [-0.05, 0) is 45.0 Å². The Labute approximate surface area is 237 Å². The Morgan fingerprint density at radius 1 is 0.775 bits per heavy atom. The number of nitrogens with one attached hydrogen (secondary N) is 1. The number of carbonyl (C=O) groups excluding carboxylic acids is 1. The number of benzene rings is 4. The van der Waals surface area contributed by atoms with E-state index in [0.717, 1.165) is 45.6 Å². The van der Waals surface area contributed by atoms with Gasteiger partial charge in [-0.3, -0.25) is 4.79 Å². The number of aromatic nitrogens is 4. The second-order valence-electron chi connectivity index (χ2n) is 9.85. The Balaban J connectivity index is 1.23. The third kappa shape index (κ3) is 5.08. The number of thioether (sulfide) groups is 1. The first-order valence-electron chi connectivity index (χ1n) is 13.3. The number of amides is 1. The van der Waals surface area contributed by atoms with Crippen molar-refractivity contribution in [3.63, 3.8) is 0 Å². The Kier molecular flexibility index (Phi) is 7.05. The molecule has 1 N–H and O–H groups in total. The van der Waals surface area contributed by atoms with Crippen LogP contribution in [0.5, 0.6) is 0 Å². The lowest BCUT2D eigenvalue weighted by Crippen LogP contribution is -2.14. The minimum absolute atomic E-state index is 0.119. The Morgan fingerprint density at radius 3 is 2.12 bits per heavy atom. The number of anilines is 1. The van der Waals surface area contributed by atoms with Gasteiger partial charge in [0.25, 0.3) is 0 Å². The highest BCUT2D eigenvalue weighted by Gasteiger charge is 2.16. The van der Waals surface area contributed by atoms with E-state index in [1.807, 2.05) is 36.4 Å². The number of aryl methyl sites for hydroxylation is 3. The zero-order chi connectivity index (χ0) is 27.6. The maximum absolute atomic E-state index is 12.9. The van der Waals surface area contributed by atoms with Crippen molar-refractivity contribution in [3.05, 3.63) is 102 Å². The van der Waals surface area contributed by atoms with Crippen LogP contribution in [0.2, 0.25) is 0 Å². The summed E-state index contributed by atoms with van der Waals surface area (Å²) < 4.78 is 2.29. The average molecular weight is 544 g/mol. The van der Waals surface area contributed by atoms with Gasteiger partial charge in [-0.1, -0.05) is 89.6 Å². The highest BCUT2D eigenvalue weighted by atomic mass is 32.2. The van der Waals surface area contributed by atoms with Crippen LogP contribution in [0.1, 0.15) is 18.1 Å². The largest absolute Gasteiger partial charge is 0.341 e. The molecule has 0 bridgehead atoms. The van der Waals surface area contributed by atoms with Crippen molar-refractivity contribution in [2.75, 3.05) is 11.1 Å². The molecule has 6 rings (SSSR count). The summed E-state index contributed by atoms with van der Waals surface area (Å²) in [6.07, 6.45) is 0. The van der Waals surface area contributed by atoms with Crippen molar-refractivity contribution in [1.82, 2.24) is 19.7 Å².